The number of hydrogen-bond acceptors (Lipinski definition) is 5. The first-order valence-corrected chi connectivity index (χ1v) is 4.85. The average Bonchev–Trinajstić information content (AvgIpc) is 1.98. The third-order valence-electron chi connectivity index (χ3n) is 1.22. The van der Waals surface area contributed by atoms with Crippen LogP contribution in [0.5, 0.6) is 0 Å². The van der Waals surface area contributed by atoms with Gasteiger partial charge in [0.25, 0.3) is 10.1 Å². The summed E-state index contributed by atoms with van der Waals surface area (Å²) in [7, 11) is -4.47. The molecule has 0 saturated heterocycles. The zero-order valence-corrected chi connectivity index (χ0v) is 7.44. The second kappa shape index (κ2) is 4.47. The minimum absolute atomic E-state index is 0.882. The van der Waals surface area contributed by atoms with Crippen molar-refractivity contribution in [1.29, 1.82) is 0 Å². The first kappa shape index (κ1) is 12.2. The molecule has 0 bridgehead atoms. The summed E-state index contributed by atoms with van der Waals surface area (Å²) in [5, 5.41) is 17.7. The number of rotatable bonds is 5. The molecule has 0 fully saturated rings. The highest BCUT2D eigenvalue weighted by atomic mass is 32.2. The van der Waals surface area contributed by atoms with Gasteiger partial charge in [0.1, 0.15) is 18.0 Å². The molecule has 0 rings (SSSR count). The molecule has 0 aromatic carbocycles. The molecule has 0 heterocycles. The van der Waals surface area contributed by atoms with Crippen molar-refractivity contribution < 1.29 is 28.0 Å². The zero-order valence-electron chi connectivity index (χ0n) is 6.62. The van der Waals surface area contributed by atoms with E-state index in [1.807, 2.05) is 0 Å². The highest BCUT2D eigenvalue weighted by molar-refractivity contribution is 7.86. The second-order valence-electron chi connectivity index (χ2n) is 2.36. The Kier molecular flexibility index (Phi) is 4.21. The minimum atomic E-state index is -4.47. The van der Waals surface area contributed by atoms with Crippen LogP contribution in [0.15, 0.2) is 12.7 Å². The molecule has 7 heteroatoms. The van der Waals surface area contributed by atoms with Crippen molar-refractivity contribution in [2.45, 2.75) is 12.2 Å². The number of carbonyl (C=O) groups excluding carboxylic acids is 1. The highest BCUT2D eigenvalue weighted by Gasteiger charge is 2.25. The van der Waals surface area contributed by atoms with Crippen molar-refractivity contribution in [3.05, 3.63) is 12.7 Å². The summed E-state index contributed by atoms with van der Waals surface area (Å²) in [6.07, 6.45) is -2.53. The molecule has 0 amide bonds. The summed E-state index contributed by atoms with van der Waals surface area (Å²) in [4.78, 5) is 10.8. The van der Waals surface area contributed by atoms with Gasteiger partial charge in [0.15, 0.2) is 5.78 Å². The largest absolute Gasteiger partial charge is 0.386 e. The number of Topliss-reactive ketones (excluding diaryl/α,β-unsaturated/α-hetero) is 1. The molecule has 6 nitrogen and oxygen atoms in total. The Balaban J connectivity index is 4.37. The molecular weight excluding hydrogens is 200 g/mol. The fraction of sp³-hybridized carbons (Fsp3) is 0.500. The summed E-state index contributed by atoms with van der Waals surface area (Å²) in [5.74, 6) is -2.41. The van der Waals surface area contributed by atoms with Gasteiger partial charge < -0.3 is 10.2 Å². The van der Waals surface area contributed by atoms with Crippen LogP contribution in [0.1, 0.15) is 0 Å². The molecule has 0 aromatic heterocycles. The van der Waals surface area contributed by atoms with Crippen LogP contribution in [0, 0.1) is 0 Å². The van der Waals surface area contributed by atoms with E-state index in [-0.39, 0.29) is 0 Å². The number of aliphatic hydroxyl groups excluding tert-OH is 2. The van der Waals surface area contributed by atoms with Gasteiger partial charge in [-0.25, -0.2) is 0 Å². The average molecular weight is 210 g/mol. The van der Waals surface area contributed by atoms with Gasteiger partial charge in [-0.05, 0) is 0 Å². The van der Waals surface area contributed by atoms with Crippen molar-refractivity contribution in [1.82, 2.24) is 0 Å². The molecule has 13 heavy (non-hydrogen) atoms. The maximum absolute atomic E-state index is 10.8. The predicted octanol–water partition coefficient (Wildman–Crippen LogP) is -1.65. The van der Waals surface area contributed by atoms with Gasteiger partial charge in [-0.3, -0.25) is 9.35 Å². The smallest absolute Gasteiger partial charge is 0.272 e. The summed E-state index contributed by atoms with van der Waals surface area (Å²) in [6.45, 7) is 3.09. The fourth-order valence-corrected chi connectivity index (χ4v) is 1.11. The summed E-state index contributed by atoms with van der Waals surface area (Å²) >= 11 is 0. The van der Waals surface area contributed by atoms with Crippen molar-refractivity contribution in [3.8, 4) is 0 Å². The SMILES string of the molecule is C=CC(O)C(O)C(=O)CS(=O)(=O)O. The Morgan fingerprint density at radius 3 is 2.23 bits per heavy atom. The minimum Gasteiger partial charge on any atom is -0.386 e. The summed E-state index contributed by atoms with van der Waals surface area (Å²) in [5.41, 5.74) is 0. The Labute approximate surface area is 75.3 Å². The second-order valence-corrected chi connectivity index (χ2v) is 3.82. The molecule has 2 atom stereocenters. The van der Waals surface area contributed by atoms with Crippen molar-refractivity contribution in [3.63, 3.8) is 0 Å². The molecule has 0 aliphatic heterocycles. The van der Waals surface area contributed by atoms with Crippen LogP contribution in [-0.4, -0.2) is 46.9 Å². The molecule has 0 saturated carbocycles. The van der Waals surface area contributed by atoms with E-state index in [4.69, 9.17) is 14.8 Å². The molecule has 0 aliphatic carbocycles. The predicted molar refractivity (Wildman–Crippen MR) is 43.6 cm³/mol. The van der Waals surface area contributed by atoms with E-state index in [9.17, 15) is 13.2 Å². The molecule has 0 aromatic rings. The third-order valence-corrected chi connectivity index (χ3v) is 1.87. The van der Waals surface area contributed by atoms with Crippen molar-refractivity contribution in [2.24, 2.45) is 0 Å². The van der Waals surface area contributed by atoms with Gasteiger partial charge in [0.05, 0.1) is 0 Å². The lowest BCUT2D eigenvalue weighted by Gasteiger charge is -2.11. The number of aliphatic hydroxyl groups is 2. The van der Waals surface area contributed by atoms with Gasteiger partial charge in [0, 0.05) is 0 Å². The molecule has 76 valence electrons. The first-order valence-electron chi connectivity index (χ1n) is 3.24. The quantitative estimate of drug-likeness (QED) is 0.370. The normalized spacial score (nSPS) is 16.2. The van der Waals surface area contributed by atoms with Crippen LogP contribution in [-0.2, 0) is 14.9 Å². The number of carbonyl (C=O) groups is 1. The van der Waals surface area contributed by atoms with Gasteiger partial charge in [0.2, 0.25) is 0 Å². The van der Waals surface area contributed by atoms with Crippen LogP contribution >= 0.6 is 0 Å². The summed E-state index contributed by atoms with van der Waals surface area (Å²) in [6, 6.07) is 0. The first-order chi connectivity index (χ1) is 5.78. The molecule has 0 radical (unpaired) electrons. The molecular formula is C6H10O6S. The lowest BCUT2D eigenvalue weighted by molar-refractivity contribution is -0.128. The Morgan fingerprint density at radius 1 is 1.46 bits per heavy atom. The maximum atomic E-state index is 10.8. The highest BCUT2D eigenvalue weighted by Crippen LogP contribution is 1.98. The summed E-state index contributed by atoms with van der Waals surface area (Å²) < 4.78 is 28.6. The van der Waals surface area contributed by atoms with Crippen LogP contribution < -0.4 is 0 Å². The van der Waals surface area contributed by atoms with E-state index in [0.29, 0.717) is 0 Å². The van der Waals surface area contributed by atoms with E-state index in [1.54, 1.807) is 0 Å². The lowest BCUT2D eigenvalue weighted by atomic mass is 10.1. The van der Waals surface area contributed by atoms with Crippen molar-refractivity contribution in [2.75, 3.05) is 5.75 Å². The number of hydrogen-bond donors (Lipinski definition) is 3. The van der Waals surface area contributed by atoms with Gasteiger partial charge in [-0.2, -0.15) is 8.42 Å². The number of ketones is 1. The van der Waals surface area contributed by atoms with E-state index in [2.05, 4.69) is 6.58 Å². The Bertz CT molecular complexity index is 292. The molecule has 3 N–H and O–H groups in total. The van der Waals surface area contributed by atoms with E-state index >= 15 is 0 Å². The molecule has 0 aliphatic rings. The van der Waals surface area contributed by atoms with Crippen LogP contribution in [0.25, 0.3) is 0 Å². The monoisotopic (exact) mass is 210 g/mol. The molecule has 2 unspecified atom stereocenters. The Hall–Kier alpha value is -0.760. The van der Waals surface area contributed by atoms with E-state index < -0.39 is 33.9 Å². The topological polar surface area (TPSA) is 112 Å². The molecule has 0 spiro atoms. The maximum Gasteiger partial charge on any atom is 0.272 e. The van der Waals surface area contributed by atoms with Gasteiger partial charge >= 0.3 is 0 Å². The lowest BCUT2D eigenvalue weighted by Crippen LogP contribution is -2.36. The van der Waals surface area contributed by atoms with Crippen LogP contribution in [0.2, 0.25) is 0 Å². The van der Waals surface area contributed by atoms with Gasteiger partial charge in [-0.15, -0.1) is 6.58 Å². The van der Waals surface area contributed by atoms with E-state index in [1.165, 1.54) is 0 Å². The zero-order chi connectivity index (χ0) is 10.6. The standard InChI is InChI=1S/C6H10O6S/c1-2-4(7)6(9)5(8)3-13(10,11)12/h2,4,6-7,9H,1,3H2,(H,10,11,12). The van der Waals surface area contributed by atoms with Crippen molar-refractivity contribution >= 4 is 15.9 Å². The fourth-order valence-electron chi connectivity index (χ4n) is 0.585. The van der Waals surface area contributed by atoms with Crippen LogP contribution in [0.4, 0.5) is 0 Å². The van der Waals surface area contributed by atoms with Gasteiger partial charge in [-0.1, -0.05) is 6.08 Å². The third kappa shape index (κ3) is 4.73. The van der Waals surface area contributed by atoms with Crippen LogP contribution in [0.3, 0.4) is 0 Å². The van der Waals surface area contributed by atoms with E-state index in [0.717, 1.165) is 6.08 Å². The Morgan fingerprint density at radius 2 is 1.92 bits per heavy atom.